The first kappa shape index (κ1) is 21.2. The van der Waals surface area contributed by atoms with Gasteiger partial charge < -0.3 is 15.8 Å². The number of hydrogen-bond donors (Lipinski definition) is 2. The third-order valence-corrected chi connectivity index (χ3v) is 6.64. The number of nitrogens with zero attached hydrogens (tertiary/aromatic N) is 3. The van der Waals surface area contributed by atoms with Crippen LogP contribution in [0.5, 0.6) is 5.88 Å². The number of fused-ring (bicyclic) bond motifs is 1. The molecule has 162 valence electrons. The molecule has 0 amide bonds. The van der Waals surface area contributed by atoms with Crippen LogP contribution >= 0.6 is 0 Å². The van der Waals surface area contributed by atoms with Crippen LogP contribution in [0, 0.1) is 0 Å². The van der Waals surface area contributed by atoms with Gasteiger partial charge in [0.15, 0.2) is 5.82 Å². The maximum absolute atomic E-state index is 11.9. The van der Waals surface area contributed by atoms with Crippen molar-refractivity contribution in [3.8, 4) is 17.3 Å². The Morgan fingerprint density at radius 1 is 1.23 bits per heavy atom. The van der Waals surface area contributed by atoms with Crippen LogP contribution in [0.4, 0.5) is 11.4 Å². The predicted octanol–water partition coefficient (Wildman–Crippen LogP) is 2.67. The Morgan fingerprint density at radius 3 is 2.81 bits per heavy atom. The van der Waals surface area contributed by atoms with Crippen LogP contribution in [0.3, 0.4) is 0 Å². The number of nitrogens with one attached hydrogen (secondary N) is 1. The van der Waals surface area contributed by atoms with Gasteiger partial charge in [0.1, 0.15) is 0 Å². The van der Waals surface area contributed by atoms with Gasteiger partial charge in [0, 0.05) is 48.8 Å². The summed E-state index contributed by atoms with van der Waals surface area (Å²) in [7, 11) is -1.65. The lowest BCUT2D eigenvalue weighted by molar-refractivity contribution is 0.395. The van der Waals surface area contributed by atoms with Crippen molar-refractivity contribution in [1.82, 2.24) is 14.3 Å². The summed E-state index contributed by atoms with van der Waals surface area (Å²) in [6.07, 6.45) is 3.56. The Bertz CT molecular complexity index is 1210. The van der Waals surface area contributed by atoms with E-state index in [1.807, 2.05) is 36.4 Å². The van der Waals surface area contributed by atoms with Gasteiger partial charge in [-0.2, -0.15) is 9.29 Å². The van der Waals surface area contributed by atoms with E-state index in [1.165, 1.54) is 10.6 Å². The van der Waals surface area contributed by atoms with Crippen molar-refractivity contribution < 1.29 is 13.2 Å². The topological polar surface area (TPSA) is 110 Å². The molecule has 2 aromatic carbocycles. The molecule has 0 spiro atoms. The summed E-state index contributed by atoms with van der Waals surface area (Å²) in [6.45, 7) is 1.22. The molecule has 0 fully saturated rings. The number of sulfonamides is 1. The third-order valence-electron chi connectivity index (χ3n) is 5.39. The van der Waals surface area contributed by atoms with E-state index in [-0.39, 0.29) is 0 Å². The maximum atomic E-state index is 11.9. The van der Waals surface area contributed by atoms with E-state index in [2.05, 4.69) is 15.3 Å². The summed E-state index contributed by atoms with van der Waals surface area (Å²) >= 11 is 0. The molecule has 2 heterocycles. The lowest BCUT2D eigenvalue weighted by Gasteiger charge is -2.28. The molecular weight excluding hydrogens is 414 g/mol. The van der Waals surface area contributed by atoms with Crippen LogP contribution < -0.4 is 15.8 Å². The summed E-state index contributed by atoms with van der Waals surface area (Å²) in [5.74, 6) is 1.03. The second kappa shape index (κ2) is 8.62. The first-order valence-corrected chi connectivity index (χ1v) is 11.8. The highest BCUT2D eigenvalue weighted by Crippen LogP contribution is 2.32. The molecule has 1 aliphatic rings. The maximum Gasteiger partial charge on any atom is 0.216 e. The molecule has 8 nitrogen and oxygen atoms in total. The molecule has 0 radical (unpaired) electrons. The van der Waals surface area contributed by atoms with Crippen LogP contribution in [0.25, 0.3) is 11.4 Å². The zero-order valence-electron chi connectivity index (χ0n) is 17.5. The van der Waals surface area contributed by atoms with Gasteiger partial charge in [-0.25, -0.2) is 13.4 Å². The second-order valence-corrected chi connectivity index (χ2v) is 9.40. The monoisotopic (exact) mass is 439 g/mol. The van der Waals surface area contributed by atoms with E-state index >= 15 is 0 Å². The molecule has 0 saturated heterocycles. The first-order chi connectivity index (χ1) is 14.9. The number of methoxy groups -OCH3 is 1. The number of nitrogens with two attached hydrogens (primary N) is 1. The molecule has 4 rings (SSSR count). The fraction of sp³-hybridized carbons (Fsp3) is 0.273. The average molecular weight is 440 g/mol. The largest absolute Gasteiger partial charge is 0.481 e. The Kier molecular flexibility index (Phi) is 5.90. The Balaban J connectivity index is 1.67. The summed E-state index contributed by atoms with van der Waals surface area (Å²) in [4.78, 5) is 8.82. The van der Waals surface area contributed by atoms with E-state index in [0.29, 0.717) is 37.8 Å². The van der Waals surface area contributed by atoms with E-state index in [4.69, 9.17) is 10.5 Å². The molecule has 31 heavy (non-hydrogen) atoms. The van der Waals surface area contributed by atoms with Gasteiger partial charge in [-0.3, -0.25) is 0 Å². The number of hydrogen-bond acceptors (Lipinski definition) is 7. The van der Waals surface area contributed by atoms with E-state index in [9.17, 15) is 8.42 Å². The summed E-state index contributed by atoms with van der Waals surface area (Å²) < 4.78 is 30.6. The third kappa shape index (κ3) is 4.53. The fourth-order valence-corrected chi connectivity index (χ4v) is 4.56. The van der Waals surface area contributed by atoms with Gasteiger partial charge >= 0.3 is 0 Å². The van der Waals surface area contributed by atoms with Gasteiger partial charge in [0.05, 0.1) is 13.4 Å². The fourth-order valence-electron chi connectivity index (χ4n) is 3.77. The molecule has 3 N–H and O–H groups in total. The Hall–Kier alpha value is -3.01. The van der Waals surface area contributed by atoms with Gasteiger partial charge in [-0.1, -0.05) is 18.2 Å². The predicted molar refractivity (Wildman–Crippen MR) is 121 cm³/mol. The standard InChI is InChI=1S/C22H25N5O3S/c1-30-21-8-10-24-22(26-21)19-12-17(7-6-15(19)13-23)25-20-5-3-4-16-14-27(31(2,28)29)11-9-18(16)20/h3-8,10,12,25H,9,11,13-14,23H2,1-2H3. The van der Waals surface area contributed by atoms with Gasteiger partial charge in [-0.05, 0) is 41.3 Å². The number of anilines is 2. The molecule has 1 aliphatic heterocycles. The number of aromatic nitrogens is 2. The summed E-state index contributed by atoms with van der Waals surface area (Å²) in [5, 5.41) is 3.48. The normalized spacial score (nSPS) is 14.2. The van der Waals surface area contributed by atoms with Gasteiger partial charge in [0.2, 0.25) is 15.9 Å². The SMILES string of the molecule is COc1ccnc(-c2cc(Nc3cccc4c3CCN(S(C)(=O)=O)C4)ccc2CN)n1. The van der Waals surface area contributed by atoms with Crippen LogP contribution in [0.2, 0.25) is 0 Å². The number of benzene rings is 2. The minimum absolute atomic E-state index is 0.359. The molecular formula is C22H25N5O3S. The summed E-state index contributed by atoms with van der Waals surface area (Å²) in [5.41, 5.74) is 11.7. The number of ether oxygens (including phenoxy) is 1. The molecule has 3 aromatic rings. The van der Waals surface area contributed by atoms with Crippen molar-refractivity contribution in [2.75, 3.05) is 25.2 Å². The highest BCUT2D eigenvalue weighted by Gasteiger charge is 2.24. The molecule has 9 heteroatoms. The first-order valence-electron chi connectivity index (χ1n) is 9.92. The molecule has 0 bridgehead atoms. The molecule has 0 unspecified atom stereocenters. The minimum atomic E-state index is -3.21. The molecule has 0 atom stereocenters. The van der Waals surface area contributed by atoms with Crippen LogP contribution in [-0.2, 0) is 29.5 Å². The van der Waals surface area contributed by atoms with Gasteiger partial charge in [0.25, 0.3) is 0 Å². The van der Waals surface area contributed by atoms with Crippen molar-refractivity contribution in [3.05, 3.63) is 65.4 Å². The lowest BCUT2D eigenvalue weighted by atomic mass is 9.98. The zero-order valence-corrected chi connectivity index (χ0v) is 18.3. The van der Waals surface area contributed by atoms with E-state index < -0.39 is 10.0 Å². The lowest BCUT2D eigenvalue weighted by Crippen LogP contribution is -2.35. The Morgan fingerprint density at radius 2 is 2.06 bits per heavy atom. The van der Waals surface area contributed by atoms with Crippen LogP contribution in [0.15, 0.2) is 48.7 Å². The zero-order chi connectivity index (χ0) is 22.0. The van der Waals surface area contributed by atoms with E-state index in [1.54, 1.807) is 19.4 Å². The van der Waals surface area contributed by atoms with Crippen molar-refractivity contribution in [2.24, 2.45) is 5.73 Å². The smallest absolute Gasteiger partial charge is 0.216 e. The molecule has 0 aliphatic carbocycles. The summed E-state index contributed by atoms with van der Waals surface area (Å²) in [6, 6.07) is 13.5. The highest BCUT2D eigenvalue weighted by molar-refractivity contribution is 7.88. The molecule has 0 saturated carbocycles. The van der Waals surface area contributed by atoms with Gasteiger partial charge in [-0.15, -0.1) is 0 Å². The second-order valence-electron chi connectivity index (χ2n) is 7.41. The van der Waals surface area contributed by atoms with Crippen molar-refractivity contribution in [1.29, 1.82) is 0 Å². The van der Waals surface area contributed by atoms with Crippen molar-refractivity contribution >= 4 is 21.4 Å². The Labute approximate surface area is 182 Å². The molecule has 1 aromatic heterocycles. The highest BCUT2D eigenvalue weighted by atomic mass is 32.2. The van der Waals surface area contributed by atoms with Crippen LogP contribution in [0.1, 0.15) is 16.7 Å². The van der Waals surface area contributed by atoms with Crippen molar-refractivity contribution in [2.45, 2.75) is 19.5 Å². The van der Waals surface area contributed by atoms with Crippen LogP contribution in [-0.4, -0.2) is 42.6 Å². The minimum Gasteiger partial charge on any atom is -0.481 e. The number of rotatable bonds is 6. The van der Waals surface area contributed by atoms with Crippen molar-refractivity contribution in [3.63, 3.8) is 0 Å². The average Bonchev–Trinajstić information content (AvgIpc) is 2.78. The quantitative estimate of drug-likeness (QED) is 0.607. The van der Waals surface area contributed by atoms with E-state index in [0.717, 1.165) is 33.6 Å².